The summed E-state index contributed by atoms with van der Waals surface area (Å²) in [5.74, 6) is -0.201. The van der Waals surface area contributed by atoms with Crippen molar-refractivity contribution < 1.29 is 4.79 Å². The molecule has 0 aliphatic heterocycles. The third kappa shape index (κ3) is 2.61. The molecule has 17 heavy (non-hydrogen) atoms. The zero-order valence-electron chi connectivity index (χ0n) is 9.48. The Balaban J connectivity index is 2.11. The third-order valence-corrected chi connectivity index (χ3v) is 3.78. The molecule has 1 aromatic rings. The highest BCUT2D eigenvalue weighted by Crippen LogP contribution is 2.35. The molecule has 5 nitrogen and oxygen atoms in total. The van der Waals surface area contributed by atoms with E-state index >= 15 is 0 Å². The average Bonchev–Trinajstić information content (AvgIpc) is 2.72. The number of nitriles is 1. The van der Waals surface area contributed by atoms with E-state index in [4.69, 9.17) is 0 Å². The van der Waals surface area contributed by atoms with Gasteiger partial charge < -0.3 is 5.32 Å². The number of hydrogen-bond acceptors (Lipinski definition) is 5. The SMILES string of the molecule is N#CC1(C(=O)Nc2cnns2)CCCCCC1. The van der Waals surface area contributed by atoms with Gasteiger partial charge in [-0.3, -0.25) is 4.79 Å². The van der Waals surface area contributed by atoms with Crippen molar-refractivity contribution in [3.8, 4) is 6.07 Å². The molecule has 0 spiro atoms. The van der Waals surface area contributed by atoms with E-state index in [1.807, 2.05) is 0 Å². The zero-order valence-corrected chi connectivity index (χ0v) is 10.3. The van der Waals surface area contributed by atoms with Crippen LogP contribution in [0.4, 0.5) is 5.00 Å². The van der Waals surface area contributed by atoms with Gasteiger partial charge in [-0.1, -0.05) is 30.2 Å². The number of carbonyl (C=O) groups is 1. The van der Waals surface area contributed by atoms with Crippen LogP contribution in [0.25, 0.3) is 0 Å². The van der Waals surface area contributed by atoms with E-state index in [2.05, 4.69) is 21.0 Å². The van der Waals surface area contributed by atoms with Crippen molar-refractivity contribution >= 4 is 22.4 Å². The van der Waals surface area contributed by atoms with Crippen LogP contribution in [0.1, 0.15) is 38.5 Å². The lowest BCUT2D eigenvalue weighted by Gasteiger charge is -2.22. The molecular weight excluding hydrogens is 236 g/mol. The summed E-state index contributed by atoms with van der Waals surface area (Å²) in [4.78, 5) is 12.2. The van der Waals surface area contributed by atoms with Gasteiger partial charge in [-0.05, 0) is 12.8 Å². The van der Waals surface area contributed by atoms with Gasteiger partial charge in [0.2, 0.25) is 5.91 Å². The number of hydrogen-bond donors (Lipinski definition) is 1. The standard InChI is InChI=1S/C11H14N4OS/c12-8-11(5-3-1-2-4-6-11)10(16)14-9-7-13-15-17-9/h7H,1-6H2,(H,14,16). The van der Waals surface area contributed by atoms with Gasteiger partial charge in [-0.2, -0.15) is 5.26 Å². The number of nitrogens with one attached hydrogen (secondary N) is 1. The van der Waals surface area contributed by atoms with Crippen molar-refractivity contribution in [2.24, 2.45) is 5.41 Å². The third-order valence-electron chi connectivity index (χ3n) is 3.20. The Kier molecular flexibility index (Phi) is 3.69. The molecule has 1 aromatic heterocycles. The molecule has 0 unspecified atom stereocenters. The molecule has 1 aliphatic carbocycles. The summed E-state index contributed by atoms with van der Waals surface area (Å²) < 4.78 is 3.68. The number of anilines is 1. The van der Waals surface area contributed by atoms with Crippen molar-refractivity contribution in [3.63, 3.8) is 0 Å². The Morgan fingerprint density at radius 1 is 1.41 bits per heavy atom. The van der Waals surface area contributed by atoms with Gasteiger partial charge in [0.05, 0.1) is 12.3 Å². The van der Waals surface area contributed by atoms with E-state index in [9.17, 15) is 10.1 Å². The lowest BCUT2D eigenvalue weighted by molar-refractivity contribution is -0.123. The molecule has 6 heteroatoms. The zero-order chi connectivity index (χ0) is 12.1. The first-order valence-electron chi connectivity index (χ1n) is 5.77. The van der Waals surface area contributed by atoms with E-state index in [0.717, 1.165) is 37.2 Å². The highest BCUT2D eigenvalue weighted by atomic mass is 32.1. The first-order chi connectivity index (χ1) is 8.27. The fourth-order valence-corrected chi connectivity index (χ4v) is 2.59. The van der Waals surface area contributed by atoms with Crippen molar-refractivity contribution in [1.29, 1.82) is 5.26 Å². The van der Waals surface area contributed by atoms with Gasteiger partial charge in [0.1, 0.15) is 10.4 Å². The minimum absolute atomic E-state index is 0.201. The quantitative estimate of drug-likeness (QED) is 0.817. The minimum atomic E-state index is -0.861. The maximum absolute atomic E-state index is 12.2. The van der Waals surface area contributed by atoms with Gasteiger partial charge >= 0.3 is 0 Å². The van der Waals surface area contributed by atoms with Gasteiger partial charge in [0.25, 0.3) is 0 Å². The molecule has 0 bridgehead atoms. The molecule has 0 radical (unpaired) electrons. The Morgan fingerprint density at radius 3 is 2.65 bits per heavy atom. The monoisotopic (exact) mass is 250 g/mol. The molecule has 1 saturated carbocycles. The van der Waals surface area contributed by atoms with E-state index in [1.165, 1.54) is 6.20 Å². The van der Waals surface area contributed by atoms with Gasteiger partial charge in [0.15, 0.2) is 0 Å². The van der Waals surface area contributed by atoms with E-state index in [0.29, 0.717) is 17.8 Å². The van der Waals surface area contributed by atoms with E-state index in [1.54, 1.807) is 0 Å². The second-order valence-electron chi connectivity index (χ2n) is 4.34. The maximum Gasteiger partial charge on any atom is 0.245 e. The Hall–Kier alpha value is -1.48. The van der Waals surface area contributed by atoms with Crippen LogP contribution in [0.5, 0.6) is 0 Å². The molecule has 2 rings (SSSR count). The summed E-state index contributed by atoms with van der Waals surface area (Å²) in [6.07, 6.45) is 6.93. The number of aromatic nitrogens is 2. The molecular formula is C11H14N4OS. The average molecular weight is 250 g/mol. The predicted molar refractivity (Wildman–Crippen MR) is 64.3 cm³/mol. The minimum Gasteiger partial charge on any atom is -0.314 e. The molecule has 1 aliphatic rings. The van der Waals surface area contributed by atoms with Gasteiger partial charge in [0, 0.05) is 11.5 Å². The largest absolute Gasteiger partial charge is 0.314 e. The fourth-order valence-electron chi connectivity index (χ4n) is 2.18. The first-order valence-corrected chi connectivity index (χ1v) is 6.54. The van der Waals surface area contributed by atoms with Crippen LogP contribution in [0.2, 0.25) is 0 Å². The number of nitrogens with zero attached hydrogens (tertiary/aromatic N) is 3. The van der Waals surface area contributed by atoms with Gasteiger partial charge in [-0.15, -0.1) is 5.10 Å². The summed E-state index contributed by atoms with van der Waals surface area (Å²) in [6, 6.07) is 2.22. The molecule has 0 atom stereocenters. The molecule has 1 N–H and O–H groups in total. The lowest BCUT2D eigenvalue weighted by atomic mass is 9.81. The lowest BCUT2D eigenvalue weighted by Crippen LogP contribution is -2.34. The van der Waals surface area contributed by atoms with Crippen LogP contribution in [-0.4, -0.2) is 15.5 Å². The Morgan fingerprint density at radius 2 is 2.12 bits per heavy atom. The summed E-state index contributed by atoms with van der Waals surface area (Å²) >= 11 is 1.13. The smallest absolute Gasteiger partial charge is 0.245 e. The second kappa shape index (κ2) is 5.23. The molecule has 1 fully saturated rings. The van der Waals surface area contributed by atoms with Crippen molar-refractivity contribution in [2.75, 3.05) is 5.32 Å². The molecule has 0 saturated heterocycles. The highest BCUT2D eigenvalue weighted by molar-refractivity contribution is 7.10. The highest BCUT2D eigenvalue weighted by Gasteiger charge is 2.39. The topological polar surface area (TPSA) is 78.7 Å². The molecule has 1 heterocycles. The first kappa shape index (κ1) is 12.0. The van der Waals surface area contributed by atoms with Crippen molar-refractivity contribution in [3.05, 3.63) is 6.20 Å². The summed E-state index contributed by atoms with van der Waals surface area (Å²) in [6.45, 7) is 0. The molecule has 0 aromatic carbocycles. The normalized spacial score (nSPS) is 19.0. The van der Waals surface area contributed by atoms with Crippen LogP contribution in [0.15, 0.2) is 6.20 Å². The van der Waals surface area contributed by atoms with Crippen molar-refractivity contribution in [1.82, 2.24) is 9.59 Å². The van der Waals surface area contributed by atoms with Crippen LogP contribution in [-0.2, 0) is 4.79 Å². The van der Waals surface area contributed by atoms with Crippen LogP contribution < -0.4 is 5.32 Å². The van der Waals surface area contributed by atoms with Crippen LogP contribution in [0, 0.1) is 16.7 Å². The summed E-state index contributed by atoms with van der Waals surface area (Å²) in [7, 11) is 0. The van der Waals surface area contributed by atoms with E-state index in [-0.39, 0.29) is 5.91 Å². The Bertz CT molecular complexity index is 415. The summed E-state index contributed by atoms with van der Waals surface area (Å²) in [5, 5.41) is 16.3. The van der Waals surface area contributed by atoms with Gasteiger partial charge in [-0.25, -0.2) is 0 Å². The van der Waals surface area contributed by atoms with Crippen LogP contribution >= 0.6 is 11.5 Å². The molecule has 90 valence electrons. The number of carbonyl (C=O) groups excluding carboxylic acids is 1. The number of amides is 1. The van der Waals surface area contributed by atoms with E-state index < -0.39 is 5.41 Å². The Labute approximate surface area is 104 Å². The maximum atomic E-state index is 12.2. The van der Waals surface area contributed by atoms with Crippen LogP contribution in [0.3, 0.4) is 0 Å². The fraction of sp³-hybridized carbons (Fsp3) is 0.636. The molecule has 1 amide bonds. The summed E-state index contributed by atoms with van der Waals surface area (Å²) in [5.41, 5.74) is -0.861. The predicted octanol–water partition coefficient (Wildman–Crippen LogP) is 2.34. The van der Waals surface area contributed by atoms with Crippen molar-refractivity contribution in [2.45, 2.75) is 38.5 Å². The second-order valence-corrected chi connectivity index (χ2v) is 5.13. The number of rotatable bonds is 2.